The van der Waals surface area contributed by atoms with Crippen molar-refractivity contribution in [2.45, 2.75) is 25.2 Å². The molecule has 1 aromatic carbocycles. The van der Waals surface area contributed by atoms with Gasteiger partial charge in [0, 0.05) is 5.69 Å². The maximum atomic E-state index is 13.4. The molecule has 1 saturated heterocycles. The van der Waals surface area contributed by atoms with Gasteiger partial charge < -0.3 is 25.1 Å². The largest absolute Gasteiger partial charge is 0.487 e. The zero-order chi connectivity index (χ0) is 25.6. The highest BCUT2D eigenvalue weighted by Gasteiger charge is 2.60. The highest BCUT2D eigenvalue weighted by molar-refractivity contribution is 5.90. The predicted molar refractivity (Wildman–Crippen MR) is 119 cm³/mol. The average Bonchev–Trinajstić information content (AvgIpc) is 3.13. The third-order valence-electron chi connectivity index (χ3n) is 5.68. The van der Waals surface area contributed by atoms with Gasteiger partial charge in [0.2, 0.25) is 5.88 Å². The van der Waals surface area contributed by atoms with Crippen LogP contribution >= 0.6 is 0 Å². The SMILES string of the molecule is C=C1/C(=C\C=C(/C)Oc2ncnc3nc[nH]c23)O[C@@H]2[C@@H](NC(=O)Nc3ccc(F)c(C(F)(F)F)c3)[C@H]12. The molecule has 3 aromatic rings. The Bertz CT molecular complexity index is 1430. The summed E-state index contributed by atoms with van der Waals surface area (Å²) in [6, 6.07) is 1.09. The lowest BCUT2D eigenvalue weighted by Gasteiger charge is -2.13. The van der Waals surface area contributed by atoms with Gasteiger partial charge in [0.05, 0.1) is 23.9 Å². The Morgan fingerprint density at radius 1 is 1.28 bits per heavy atom. The number of benzene rings is 1. The quantitative estimate of drug-likeness (QED) is 0.351. The van der Waals surface area contributed by atoms with Crippen LogP contribution in [0.25, 0.3) is 11.2 Å². The minimum atomic E-state index is -4.88. The molecule has 2 amide bonds. The van der Waals surface area contributed by atoms with Crippen molar-refractivity contribution in [2.75, 3.05) is 5.32 Å². The normalized spacial score (nSPS) is 22.4. The molecule has 0 radical (unpaired) electrons. The van der Waals surface area contributed by atoms with Crippen molar-refractivity contribution < 1.29 is 31.8 Å². The van der Waals surface area contributed by atoms with E-state index < -0.39 is 29.6 Å². The second-order valence-corrected chi connectivity index (χ2v) is 8.14. The topological polar surface area (TPSA) is 114 Å². The number of allylic oxidation sites excluding steroid dienone is 4. The minimum Gasteiger partial charge on any atom is -0.487 e. The summed E-state index contributed by atoms with van der Waals surface area (Å²) in [4.78, 5) is 27.3. The van der Waals surface area contributed by atoms with Gasteiger partial charge in [-0.2, -0.15) is 18.2 Å². The third-order valence-corrected chi connectivity index (χ3v) is 5.68. The van der Waals surface area contributed by atoms with E-state index in [4.69, 9.17) is 9.47 Å². The molecule has 2 fully saturated rings. The number of carbonyl (C=O) groups excluding carboxylic acids is 1. The van der Waals surface area contributed by atoms with E-state index in [1.54, 1.807) is 19.1 Å². The summed E-state index contributed by atoms with van der Waals surface area (Å²) in [5, 5.41) is 4.92. The van der Waals surface area contributed by atoms with Gasteiger partial charge in [-0.05, 0) is 42.8 Å². The zero-order valence-corrected chi connectivity index (χ0v) is 18.6. The molecule has 2 aromatic heterocycles. The number of rotatable bonds is 5. The number of nitrogens with one attached hydrogen (secondary N) is 3. The minimum absolute atomic E-state index is 0.179. The number of hydrogen-bond acceptors (Lipinski definition) is 6. The Labute approximate surface area is 200 Å². The number of imidazole rings is 1. The van der Waals surface area contributed by atoms with Crippen molar-refractivity contribution in [3.05, 3.63) is 78.1 Å². The Morgan fingerprint density at radius 3 is 2.81 bits per heavy atom. The van der Waals surface area contributed by atoms with E-state index in [0.717, 1.165) is 6.07 Å². The summed E-state index contributed by atoms with van der Waals surface area (Å²) < 4.78 is 63.6. The molecule has 1 saturated carbocycles. The predicted octanol–water partition coefficient (Wildman–Crippen LogP) is 4.45. The van der Waals surface area contributed by atoms with Crippen LogP contribution in [0, 0.1) is 11.7 Å². The zero-order valence-electron chi connectivity index (χ0n) is 18.6. The smallest absolute Gasteiger partial charge is 0.419 e. The third kappa shape index (κ3) is 4.46. The van der Waals surface area contributed by atoms with Crippen molar-refractivity contribution in [1.82, 2.24) is 25.3 Å². The molecule has 3 heterocycles. The Morgan fingerprint density at radius 2 is 2.08 bits per heavy atom. The molecule has 5 rings (SSSR count). The van der Waals surface area contributed by atoms with Crippen LogP contribution in [0.15, 0.2) is 66.7 Å². The molecule has 0 bridgehead atoms. The number of anilines is 1. The van der Waals surface area contributed by atoms with E-state index >= 15 is 0 Å². The molecular formula is C23H18F4N6O3. The maximum Gasteiger partial charge on any atom is 0.419 e. The summed E-state index contributed by atoms with van der Waals surface area (Å²) in [5.41, 5.74) is 0.0401. The standard InChI is InChI=1S/C23H18F4N6O3/c1-10(35-21-18-20(29-8-28-18)30-9-31-21)3-6-15-11(2)16-17(19(16)36-15)33-22(34)32-12-4-5-14(24)13(7-12)23(25,26)27/h3-9,16-17,19H,2H2,1H3,(H2,32,33,34)(H,28,29,30,31)/b10-3+,15-6+/t16-,17-,19-/m0/s1. The highest BCUT2D eigenvalue weighted by atomic mass is 19.4. The first-order valence-corrected chi connectivity index (χ1v) is 10.6. The first-order chi connectivity index (χ1) is 17.1. The molecule has 1 aliphatic carbocycles. The van der Waals surface area contributed by atoms with Gasteiger partial charge in [-0.25, -0.2) is 19.2 Å². The fourth-order valence-electron chi connectivity index (χ4n) is 3.89. The second kappa shape index (κ2) is 8.66. The van der Waals surface area contributed by atoms with E-state index in [1.165, 1.54) is 12.7 Å². The molecule has 9 nitrogen and oxygen atoms in total. The maximum absolute atomic E-state index is 13.4. The van der Waals surface area contributed by atoms with Crippen LogP contribution in [0.2, 0.25) is 0 Å². The Balaban J connectivity index is 1.17. The molecule has 0 spiro atoms. The first kappa shape index (κ1) is 23.3. The summed E-state index contributed by atoms with van der Waals surface area (Å²) in [5.74, 6) is -0.246. The molecule has 1 aliphatic heterocycles. The van der Waals surface area contributed by atoms with Gasteiger partial charge in [0.15, 0.2) is 5.65 Å². The lowest BCUT2D eigenvalue weighted by atomic mass is 10.1. The Kier molecular flexibility index (Phi) is 5.61. The van der Waals surface area contributed by atoms with Gasteiger partial charge in [-0.15, -0.1) is 0 Å². The molecule has 3 atom stereocenters. The van der Waals surface area contributed by atoms with Crippen LogP contribution in [0.4, 0.5) is 28.0 Å². The fourth-order valence-corrected chi connectivity index (χ4v) is 3.89. The van der Waals surface area contributed by atoms with Crippen molar-refractivity contribution in [1.29, 1.82) is 0 Å². The molecule has 2 aliphatic rings. The monoisotopic (exact) mass is 502 g/mol. The van der Waals surface area contributed by atoms with Crippen LogP contribution < -0.4 is 15.4 Å². The first-order valence-electron chi connectivity index (χ1n) is 10.6. The molecule has 36 heavy (non-hydrogen) atoms. The molecule has 13 heteroatoms. The van der Waals surface area contributed by atoms with E-state index in [2.05, 4.69) is 37.1 Å². The summed E-state index contributed by atoms with van der Waals surface area (Å²) >= 11 is 0. The van der Waals surface area contributed by atoms with E-state index in [-0.39, 0.29) is 17.7 Å². The van der Waals surface area contributed by atoms with Crippen LogP contribution in [-0.4, -0.2) is 38.1 Å². The van der Waals surface area contributed by atoms with Gasteiger partial charge in [0.25, 0.3) is 0 Å². The number of aromatic nitrogens is 4. The van der Waals surface area contributed by atoms with Crippen molar-refractivity contribution >= 4 is 22.9 Å². The lowest BCUT2D eigenvalue weighted by molar-refractivity contribution is -0.139. The number of nitrogens with zero attached hydrogens (tertiary/aromatic N) is 3. The molecule has 3 N–H and O–H groups in total. The molecular weight excluding hydrogens is 484 g/mol. The molecule has 0 unspecified atom stereocenters. The van der Waals surface area contributed by atoms with Crippen LogP contribution in [0.1, 0.15) is 12.5 Å². The number of carbonyl (C=O) groups is 1. The highest BCUT2D eigenvalue weighted by Crippen LogP contribution is 2.50. The van der Waals surface area contributed by atoms with E-state index in [0.29, 0.717) is 46.3 Å². The average molecular weight is 502 g/mol. The summed E-state index contributed by atoms with van der Waals surface area (Å²) in [6.07, 6.45) is 0.961. The van der Waals surface area contributed by atoms with E-state index in [9.17, 15) is 22.4 Å². The van der Waals surface area contributed by atoms with Crippen molar-refractivity contribution in [3.8, 4) is 5.88 Å². The van der Waals surface area contributed by atoms with Gasteiger partial charge in [0.1, 0.15) is 35.3 Å². The number of ether oxygens (including phenoxy) is 2. The van der Waals surface area contributed by atoms with Gasteiger partial charge >= 0.3 is 12.2 Å². The number of fused-ring (bicyclic) bond motifs is 2. The number of hydrogen-bond donors (Lipinski definition) is 3. The number of amides is 2. The fraction of sp³-hybridized carbons (Fsp3) is 0.217. The summed E-state index contributed by atoms with van der Waals surface area (Å²) in [7, 11) is 0. The van der Waals surface area contributed by atoms with Crippen LogP contribution in [0.3, 0.4) is 0 Å². The number of halogens is 4. The van der Waals surface area contributed by atoms with Crippen molar-refractivity contribution in [3.63, 3.8) is 0 Å². The summed E-state index contributed by atoms with van der Waals surface area (Å²) in [6.45, 7) is 5.74. The number of urea groups is 1. The lowest BCUT2D eigenvalue weighted by Crippen LogP contribution is -2.34. The second-order valence-electron chi connectivity index (χ2n) is 8.14. The van der Waals surface area contributed by atoms with Crippen LogP contribution in [0.5, 0.6) is 5.88 Å². The van der Waals surface area contributed by atoms with E-state index in [1.807, 2.05) is 0 Å². The number of alkyl halides is 3. The van der Waals surface area contributed by atoms with Crippen molar-refractivity contribution in [2.24, 2.45) is 5.92 Å². The number of aromatic amines is 1. The van der Waals surface area contributed by atoms with Gasteiger partial charge in [-0.1, -0.05) is 6.58 Å². The van der Waals surface area contributed by atoms with Crippen LogP contribution in [-0.2, 0) is 10.9 Å². The molecule has 186 valence electrons. The van der Waals surface area contributed by atoms with Gasteiger partial charge in [-0.3, -0.25) is 0 Å². The number of H-pyrrole nitrogens is 1. The Hall–Kier alpha value is -4.42.